The molecule has 1 fully saturated rings. The second-order valence-electron chi connectivity index (χ2n) is 8.67. The molecule has 1 unspecified atom stereocenters. The summed E-state index contributed by atoms with van der Waals surface area (Å²) in [6.45, 7) is 5.84. The number of aliphatic hydroxyl groups excluding tert-OH is 1. The highest BCUT2D eigenvalue weighted by Gasteiger charge is 2.47. The van der Waals surface area contributed by atoms with Crippen molar-refractivity contribution in [1.82, 2.24) is 4.98 Å². The van der Waals surface area contributed by atoms with Crippen molar-refractivity contribution >= 4 is 23.1 Å². The molecule has 0 aliphatic carbocycles. The second-order valence-corrected chi connectivity index (χ2v) is 8.67. The van der Waals surface area contributed by atoms with Gasteiger partial charge in [0.25, 0.3) is 11.7 Å². The Labute approximate surface area is 203 Å². The van der Waals surface area contributed by atoms with Crippen LogP contribution in [0.15, 0.2) is 66.5 Å². The van der Waals surface area contributed by atoms with Crippen LogP contribution < -0.4 is 9.64 Å². The first-order chi connectivity index (χ1) is 16.8. The zero-order chi connectivity index (χ0) is 25.3. The number of nitrogens with zero attached hydrogens (tertiary/aromatic N) is 3. The Balaban J connectivity index is 1.96. The molecular formula is C28H25N3O4. The largest absolute Gasteiger partial charge is 0.507 e. The van der Waals surface area contributed by atoms with Crippen LogP contribution in [0, 0.1) is 18.3 Å². The fourth-order valence-corrected chi connectivity index (χ4v) is 4.38. The topological polar surface area (TPSA) is 104 Å². The van der Waals surface area contributed by atoms with Gasteiger partial charge in [-0.3, -0.25) is 19.5 Å². The maximum absolute atomic E-state index is 13.4. The number of hydrogen-bond donors (Lipinski definition) is 1. The van der Waals surface area contributed by atoms with E-state index in [-0.39, 0.29) is 17.3 Å². The highest BCUT2D eigenvalue weighted by Crippen LogP contribution is 2.43. The van der Waals surface area contributed by atoms with Gasteiger partial charge in [-0.15, -0.1) is 0 Å². The lowest BCUT2D eigenvalue weighted by molar-refractivity contribution is -0.132. The van der Waals surface area contributed by atoms with Gasteiger partial charge in [-0.1, -0.05) is 13.8 Å². The lowest BCUT2D eigenvalue weighted by atomic mass is 9.91. The summed E-state index contributed by atoms with van der Waals surface area (Å²) in [7, 11) is 1.59. The minimum absolute atomic E-state index is 0.00599. The summed E-state index contributed by atoms with van der Waals surface area (Å²) in [4.78, 5) is 32.0. The number of rotatable bonds is 5. The number of aryl methyl sites for hydroxylation is 1. The molecule has 35 heavy (non-hydrogen) atoms. The van der Waals surface area contributed by atoms with E-state index in [0.717, 1.165) is 5.56 Å². The molecule has 1 aromatic heterocycles. The van der Waals surface area contributed by atoms with Gasteiger partial charge in [0.15, 0.2) is 0 Å². The van der Waals surface area contributed by atoms with Crippen LogP contribution in [0.4, 0.5) is 5.69 Å². The van der Waals surface area contributed by atoms with Crippen LogP contribution in [0.2, 0.25) is 0 Å². The van der Waals surface area contributed by atoms with Crippen LogP contribution in [0.25, 0.3) is 5.76 Å². The molecule has 0 radical (unpaired) electrons. The molecule has 7 nitrogen and oxygen atoms in total. The summed E-state index contributed by atoms with van der Waals surface area (Å²) in [6, 6.07) is 14.6. The third-order valence-corrected chi connectivity index (χ3v) is 6.19. The molecule has 1 amide bonds. The van der Waals surface area contributed by atoms with E-state index in [2.05, 4.69) is 4.98 Å². The number of carbonyl (C=O) groups is 2. The number of anilines is 1. The van der Waals surface area contributed by atoms with Crippen LogP contribution in [0.1, 0.15) is 53.6 Å². The standard InChI is InChI=1S/C28H25N3O4/c1-16(2)21-14-22(17(3)13-23(21)35-4)26(32)24-25(19-9-11-30-12-10-19)31(28(34)27(24)33)20-7-5-18(15-29)6-8-20/h5-14,16,25,32H,1-4H3/b26-24+. The second kappa shape index (κ2) is 9.43. The Bertz CT molecular complexity index is 1370. The van der Waals surface area contributed by atoms with Crippen molar-refractivity contribution in [2.24, 2.45) is 0 Å². The molecule has 1 aliphatic rings. The number of methoxy groups -OCH3 is 1. The van der Waals surface area contributed by atoms with E-state index >= 15 is 0 Å². The van der Waals surface area contributed by atoms with E-state index in [1.165, 1.54) is 4.90 Å². The molecule has 1 N–H and O–H groups in total. The summed E-state index contributed by atoms with van der Waals surface area (Å²) in [5.41, 5.74) is 3.55. The van der Waals surface area contributed by atoms with Crippen LogP contribution in [-0.4, -0.2) is 28.9 Å². The number of ketones is 1. The smallest absolute Gasteiger partial charge is 0.300 e. The highest BCUT2D eigenvalue weighted by atomic mass is 16.5. The summed E-state index contributed by atoms with van der Waals surface area (Å²) in [5.74, 6) is -0.987. The molecule has 1 atom stereocenters. The number of aromatic nitrogens is 1. The molecule has 0 spiro atoms. The number of hydrogen-bond acceptors (Lipinski definition) is 6. The molecule has 2 aromatic carbocycles. The summed E-state index contributed by atoms with van der Waals surface area (Å²) < 4.78 is 5.51. The predicted octanol–water partition coefficient (Wildman–Crippen LogP) is 5.02. The van der Waals surface area contributed by atoms with E-state index in [0.29, 0.717) is 33.7 Å². The molecule has 1 aliphatic heterocycles. The zero-order valence-electron chi connectivity index (χ0n) is 19.9. The Morgan fingerprint density at radius 2 is 1.77 bits per heavy atom. The normalized spacial score (nSPS) is 17.0. The molecular weight excluding hydrogens is 442 g/mol. The summed E-state index contributed by atoms with van der Waals surface area (Å²) >= 11 is 0. The maximum atomic E-state index is 13.4. The Morgan fingerprint density at radius 3 is 2.34 bits per heavy atom. The molecule has 1 saturated heterocycles. The van der Waals surface area contributed by atoms with Crippen molar-refractivity contribution in [3.63, 3.8) is 0 Å². The van der Waals surface area contributed by atoms with Gasteiger partial charge in [-0.25, -0.2) is 0 Å². The molecule has 4 rings (SSSR count). The maximum Gasteiger partial charge on any atom is 0.300 e. The molecule has 176 valence electrons. The van der Waals surface area contributed by atoms with E-state index < -0.39 is 17.7 Å². The molecule has 0 saturated carbocycles. The number of Topliss-reactive ketones (excluding diaryl/α,β-unsaturated/α-hetero) is 1. The minimum Gasteiger partial charge on any atom is -0.507 e. The van der Waals surface area contributed by atoms with Crippen LogP contribution in [0.5, 0.6) is 5.75 Å². The van der Waals surface area contributed by atoms with Gasteiger partial charge in [0.1, 0.15) is 11.5 Å². The first-order valence-electron chi connectivity index (χ1n) is 11.2. The van der Waals surface area contributed by atoms with Crippen molar-refractivity contribution in [2.45, 2.75) is 32.7 Å². The lowest BCUT2D eigenvalue weighted by Gasteiger charge is -2.25. The third kappa shape index (κ3) is 4.15. The van der Waals surface area contributed by atoms with Gasteiger partial charge >= 0.3 is 0 Å². The van der Waals surface area contributed by atoms with Gasteiger partial charge in [-0.05, 0) is 78.1 Å². The van der Waals surface area contributed by atoms with Crippen molar-refractivity contribution in [3.05, 3.63) is 94.3 Å². The first-order valence-corrected chi connectivity index (χ1v) is 11.2. The number of ether oxygens (including phenoxy) is 1. The zero-order valence-corrected chi connectivity index (χ0v) is 19.9. The van der Waals surface area contributed by atoms with Crippen molar-refractivity contribution in [3.8, 4) is 11.8 Å². The van der Waals surface area contributed by atoms with E-state index in [1.54, 1.807) is 55.9 Å². The molecule has 3 aromatic rings. The van der Waals surface area contributed by atoms with Gasteiger partial charge in [0.2, 0.25) is 0 Å². The van der Waals surface area contributed by atoms with Crippen molar-refractivity contribution < 1.29 is 19.4 Å². The van der Waals surface area contributed by atoms with E-state index in [4.69, 9.17) is 10.00 Å². The minimum atomic E-state index is -0.866. The Morgan fingerprint density at radius 1 is 1.11 bits per heavy atom. The number of carbonyl (C=O) groups excluding carboxylic acids is 2. The third-order valence-electron chi connectivity index (χ3n) is 6.19. The summed E-state index contributed by atoms with van der Waals surface area (Å²) in [5, 5.41) is 20.7. The fraction of sp³-hybridized carbons (Fsp3) is 0.214. The van der Waals surface area contributed by atoms with Gasteiger partial charge in [0.05, 0.1) is 30.4 Å². The molecule has 7 heteroatoms. The van der Waals surface area contributed by atoms with E-state index in [1.807, 2.05) is 39.0 Å². The number of benzene rings is 2. The molecule has 2 heterocycles. The van der Waals surface area contributed by atoms with Gasteiger partial charge in [0, 0.05) is 23.6 Å². The van der Waals surface area contributed by atoms with Crippen LogP contribution >= 0.6 is 0 Å². The monoisotopic (exact) mass is 467 g/mol. The average molecular weight is 468 g/mol. The van der Waals surface area contributed by atoms with Crippen molar-refractivity contribution in [1.29, 1.82) is 5.26 Å². The highest BCUT2D eigenvalue weighted by molar-refractivity contribution is 6.51. The van der Waals surface area contributed by atoms with Crippen LogP contribution in [-0.2, 0) is 9.59 Å². The number of aliphatic hydroxyl groups is 1. The lowest BCUT2D eigenvalue weighted by Crippen LogP contribution is -2.29. The summed E-state index contributed by atoms with van der Waals surface area (Å²) in [6.07, 6.45) is 3.15. The average Bonchev–Trinajstić information content (AvgIpc) is 3.14. The fourth-order valence-electron chi connectivity index (χ4n) is 4.38. The Kier molecular flexibility index (Phi) is 6.39. The first kappa shape index (κ1) is 23.7. The Hall–Kier alpha value is -4.44. The number of amides is 1. The van der Waals surface area contributed by atoms with Crippen LogP contribution in [0.3, 0.4) is 0 Å². The number of pyridine rings is 1. The van der Waals surface area contributed by atoms with Gasteiger partial charge in [-0.2, -0.15) is 5.26 Å². The SMILES string of the molecule is COc1cc(C)c(/C(O)=C2\C(=O)C(=O)N(c3ccc(C#N)cc3)C2c2ccncc2)cc1C(C)C. The van der Waals surface area contributed by atoms with Crippen molar-refractivity contribution in [2.75, 3.05) is 12.0 Å². The predicted molar refractivity (Wildman–Crippen MR) is 132 cm³/mol. The van der Waals surface area contributed by atoms with Gasteiger partial charge < -0.3 is 9.84 Å². The molecule has 0 bridgehead atoms. The van der Waals surface area contributed by atoms with E-state index in [9.17, 15) is 14.7 Å². The quantitative estimate of drug-likeness (QED) is 0.321. The number of nitriles is 1.